The third-order valence-corrected chi connectivity index (χ3v) is 5.07. The maximum Gasteiger partial charge on any atom is 0.434 e. The summed E-state index contributed by atoms with van der Waals surface area (Å²) in [6.07, 6.45) is -1.68. The van der Waals surface area contributed by atoms with Crippen LogP contribution in [0.15, 0.2) is 35.1 Å². The Kier molecular flexibility index (Phi) is 7.12. The van der Waals surface area contributed by atoms with E-state index in [1.54, 1.807) is 10.9 Å². The van der Waals surface area contributed by atoms with Gasteiger partial charge in [-0.25, -0.2) is 0 Å². The highest BCUT2D eigenvalue weighted by atomic mass is 79.9. The molecule has 0 radical (unpaired) electrons. The number of carbonyl (C=O) groups is 1. The predicted octanol–water partition coefficient (Wildman–Crippen LogP) is 4.50. The second kappa shape index (κ2) is 9.63. The SMILES string of the molecule is CCOc1ccc(Cn2cc(NC(=O)c3nn(C)c(C(F)(F)F)c3Br)cn2)cc1OCC. The molecule has 0 aliphatic carbocycles. The van der Waals surface area contributed by atoms with Crippen molar-refractivity contribution in [1.29, 1.82) is 0 Å². The van der Waals surface area contributed by atoms with Gasteiger partial charge in [0.2, 0.25) is 0 Å². The molecule has 0 saturated carbocycles. The summed E-state index contributed by atoms with van der Waals surface area (Å²) in [4.78, 5) is 12.5. The van der Waals surface area contributed by atoms with Crippen LogP contribution in [0.1, 0.15) is 35.6 Å². The molecule has 0 aliphatic rings. The number of nitrogens with one attached hydrogen (secondary N) is 1. The number of halogens is 4. The van der Waals surface area contributed by atoms with E-state index in [1.807, 2.05) is 32.0 Å². The van der Waals surface area contributed by atoms with Crippen LogP contribution in [-0.4, -0.2) is 38.7 Å². The van der Waals surface area contributed by atoms with E-state index in [4.69, 9.17) is 9.47 Å². The van der Waals surface area contributed by atoms with Crippen molar-refractivity contribution in [3.05, 3.63) is 52.0 Å². The average Bonchev–Trinajstić information content (AvgIpc) is 3.26. The van der Waals surface area contributed by atoms with E-state index in [-0.39, 0.29) is 5.69 Å². The molecule has 0 spiro atoms. The number of anilines is 1. The number of rotatable bonds is 8. The van der Waals surface area contributed by atoms with Gasteiger partial charge in [0.1, 0.15) is 0 Å². The smallest absolute Gasteiger partial charge is 0.434 e. The monoisotopic (exact) mass is 515 g/mol. The number of nitrogens with zero attached hydrogens (tertiary/aromatic N) is 4. The molecule has 3 aromatic rings. The summed E-state index contributed by atoms with van der Waals surface area (Å²) in [6.45, 7) is 5.14. The van der Waals surface area contributed by atoms with Crippen molar-refractivity contribution >= 4 is 27.5 Å². The van der Waals surface area contributed by atoms with Crippen molar-refractivity contribution in [2.24, 2.45) is 7.05 Å². The third kappa shape index (κ3) is 5.23. The molecule has 32 heavy (non-hydrogen) atoms. The lowest BCUT2D eigenvalue weighted by atomic mass is 10.2. The average molecular weight is 516 g/mol. The molecule has 3 rings (SSSR count). The van der Waals surface area contributed by atoms with Gasteiger partial charge in [0.15, 0.2) is 22.9 Å². The lowest BCUT2D eigenvalue weighted by Crippen LogP contribution is -2.13. The summed E-state index contributed by atoms with van der Waals surface area (Å²) in [5.74, 6) is 0.473. The molecule has 0 atom stereocenters. The Morgan fingerprint density at radius 1 is 1.19 bits per heavy atom. The summed E-state index contributed by atoms with van der Waals surface area (Å²) in [6, 6.07) is 5.53. The molecule has 2 heterocycles. The molecular weight excluding hydrogens is 495 g/mol. The van der Waals surface area contributed by atoms with Crippen molar-refractivity contribution < 1.29 is 27.4 Å². The second-order valence-electron chi connectivity index (χ2n) is 6.66. The molecule has 0 unspecified atom stereocenters. The first-order chi connectivity index (χ1) is 15.1. The lowest BCUT2D eigenvalue weighted by molar-refractivity contribution is -0.144. The minimum absolute atomic E-state index is 0.317. The molecule has 0 aliphatic heterocycles. The van der Waals surface area contributed by atoms with Gasteiger partial charge in [0, 0.05) is 13.2 Å². The topological polar surface area (TPSA) is 83.2 Å². The predicted molar refractivity (Wildman–Crippen MR) is 114 cm³/mol. The van der Waals surface area contributed by atoms with Gasteiger partial charge in [-0.3, -0.25) is 14.2 Å². The van der Waals surface area contributed by atoms with Gasteiger partial charge in [-0.2, -0.15) is 23.4 Å². The molecule has 1 amide bonds. The van der Waals surface area contributed by atoms with E-state index in [0.717, 1.165) is 12.6 Å². The Balaban J connectivity index is 1.73. The summed E-state index contributed by atoms with van der Waals surface area (Å²) >= 11 is 2.83. The highest BCUT2D eigenvalue weighted by Gasteiger charge is 2.39. The van der Waals surface area contributed by atoms with Gasteiger partial charge < -0.3 is 14.8 Å². The Morgan fingerprint density at radius 2 is 1.88 bits per heavy atom. The molecule has 0 bridgehead atoms. The van der Waals surface area contributed by atoms with Crippen LogP contribution in [0.5, 0.6) is 11.5 Å². The van der Waals surface area contributed by atoms with Crippen LogP contribution in [0.4, 0.5) is 18.9 Å². The van der Waals surface area contributed by atoms with E-state index >= 15 is 0 Å². The van der Waals surface area contributed by atoms with E-state index in [2.05, 4.69) is 31.4 Å². The van der Waals surface area contributed by atoms with Crippen molar-refractivity contribution in [3.63, 3.8) is 0 Å². The Hall–Kier alpha value is -3.02. The summed E-state index contributed by atoms with van der Waals surface area (Å²) in [7, 11) is 1.12. The summed E-state index contributed by atoms with van der Waals surface area (Å²) < 4.78 is 52.3. The van der Waals surface area contributed by atoms with E-state index in [0.29, 0.717) is 41.6 Å². The lowest BCUT2D eigenvalue weighted by Gasteiger charge is -2.12. The number of hydrogen-bond donors (Lipinski definition) is 1. The normalized spacial score (nSPS) is 11.5. The standard InChI is InChI=1S/C20H21BrF3N5O3/c1-4-31-14-7-6-12(8-15(14)32-5-2)10-29-11-13(9-25-29)26-19(30)17-16(21)18(20(22,23)24)28(3)27-17/h6-9,11H,4-5,10H2,1-3H3,(H,26,30). The largest absolute Gasteiger partial charge is 0.490 e. The fraction of sp³-hybridized carbons (Fsp3) is 0.350. The minimum Gasteiger partial charge on any atom is -0.490 e. The number of aryl methyl sites for hydroxylation is 1. The number of benzene rings is 1. The maximum atomic E-state index is 13.1. The van der Waals surface area contributed by atoms with Gasteiger partial charge in [0.05, 0.1) is 36.1 Å². The molecule has 1 N–H and O–H groups in total. The van der Waals surface area contributed by atoms with Gasteiger partial charge in [-0.05, 0) is 47.5 Å². The number of alkyl halides is 3. The van der Waals surface area contributed by atoms with E-state index in [1.165, 1.54) is 6.20 Å². The van der Waals surface area contributed by atoms with Crippen LogP contribution >= 0.6 is 15.9 Å². The zero-order chi connectivity index (χ0) is 23.5. The first kappa shape index (κ1) is 23.6. The first-order valence-corrected chi connectivity index (χ1v) is 10.4. The van der Waals surface area contributed by atoms with Crippen molar-refractivity contribution in [1.82, 2.24) is 19.6 Å². The summed E-state index contributed by atoms with van der Waals surface area (Å²) in [5.41, 5.74) is -0.211. The number of carbonyl (C=O) groups excluding carboxylic acids is 1. The van der Waals surface area contributed by atoms with Crippen LogP contribution < -0.4 is 14.8 Å². The van der Waals surface area contributed by atoms with Gasteiger partial charge >= 0.3 is 6.18 Å². The highest BCUT2D eigenvalue weighted by molar-refractivity contribution is 9.10. The van der Waals surface area contributed by atoms with E-state index in [9.17, 15) is 18.0 Å². The van der Waals surface area contributed by atoms with Gasteiger partial charge in [0.25, 0.3) is 5.91 Å². The molecule has 172 valence electrons. The molecule has 2 aromatic heterocycles. The molecule has 0 saturated heterocycles. The zero-order valence-corrected chi connectivity index (χ0v) is 19.1. The second-order valence-corrected chi connectivity index (χ2v) is 7.45. The third-order valence-electron chi connectivity index (χ3n) is 4.32. The fourth-order valence-electron chi connectivity index (χ4n) is 3.04. The van der Waals surface area contributed by atoms with Gasteiger partial charge in [-0.1, -0.05) is 6.07 Å². The van der Waals surface area contributed by atoms with Crippen molar-refractivity contribution in [3.8, 4) is 11.5 Å². The Bertz CT molecular complexity index is 1110. The van der Waals surface area contributed by atoms with Crippen LogP contribution in [0, 0.1) is 0 Å². The van der Waals surface area contributed by atoms with E-state index < -0.39 is 22.3 Å². The Labute approximate surface area is 190 Å². The number of amides is 1. The van der Waals surface area contributed by atoms with Crippen LogP contribution in [0.2, 0.25) is 0 Å². The van der Waals surface area contributed by atoms with Gasteiger partial charge in [-0.15, -0.1) is 0 Å². The van der Waals surface area contributed by atoms with Crippen LogP contribution in [0.3, 0.4) is 0 Å². The number of hydrogen-bond acceptors (Lipinski definition) is 5. The zero-order valence-electron chi connectivity index (χ0n) is 17.5. The molecule has 12 heteroatoms. The number of ether oxygens (including phenoxy) is 2. The summed E-state index contributed by atoms with van der Waals surface area (Å²) in [5, 5.41) is 10.4. The molecular formula is C20H21BrF3N5O3. The molecule has 0 fully saturated rings. The van der Waals surface area contributed by atoms with Crippen molar-refractivity contribution in [2.75, 3.05) is 18.5 Å². The van der Waals surface area contributed by atoms with Crippen LogP contribution in [0.25, 0.3) is 0 Å². The maximum absolute atomic E-state index is 13.1. The van der Waals surface area contributed by atoms with Crippen LogP contribution in [-0.2, 0) is 19.8 Å². The highest BCUT2D eigenvalue weighted by Crippen LogP contribution is 2.36. The first-order valence-electron chi connectivity index (χ1n) is 9.66. The number of aromatic nitrogens is 4. The molecule has 8 nitrogen and oxygen atoms in total. The van der Waals surface area contributed by atoms with Crippen molar-refractivity contribution in [2.45, 2.75) is 26.6 Å². The quantitative estimate of drug-likeness (QED) is 0.477. The Morgan fingerprint density at radius 3 is 2.50 bits per heavy atom. The minimum atomic E-state index is -4.65. The fourth-order valence-corrected chi connectivity index (χ4v) is 3.78. The molecule has 1 aromatic carbocycles.